The third-order valence-corrected chi connectivity index (χ3v) is 6.54. The highest BCUT2D eigenvalue weighted by Gasteiger charge is 2.36. The normalized spacial score (nSPS) is 31.4. The molecule has 0 aromatic carbocycles. The van der Waals surface area contributed by atoms with Crippen molar-refractivity contribution in [3.05, 3.63) is 23.0 Å². The van der Waals surface area contributed by atoms with E-state index in [1.54, 1.807) is 5.69 Å². The van der Waals surface area contributed by atoms with Crippen LogP contribution in [-0.2, 0) is 6.42 Å². The third kappa shape index (κ3) is 2.92. The molecule has 3 heteroatoms. The Bertz CT molecular complexity index is 518. The van der Waals surface area contributed by atoms with E-state index in [0.29, 0.717) is 11.5 Å². The van der Waals surface area contributed by atoms with Crippen molar-refractivity contribution in [2.75, 3.05) is 5.75 Å². The highest BCUT2D eigenvalue weighted by atomic mass is 32.2. The van der Waals surface area contributed by atoms with Crippen molar-refractivity contribution in [3.63, 3.8) is 0 Å². The van der Waals surface area contributed by atoms with Gasteiger partial charge in [-0.1, -0.05) is 20.8 Å². The van der Waals surface area contributed by atoms with Crippen LogP contribution >= 0.6 is 11.8 Å². The minimum absolute atomic E-state index is 0.228. The summed E-state index contributed by atoms with van der Waals surface area (Å²) in [6, 6.07) is 3.31. The fraction of sp³-hybridized carbons (Fsp3) is 0.778. The molecule has 2 N–H and O–H groups in total. The molecule has 1 aromatic rings. The van der Waals surface area contributed by atoms with E-state index in [2.05, 4.69) is 50.1 Å². The first-order valence-corrected chi connectivity index (χ1v) is 9.54. The third-order valence-electron chi connectivity index (χ3n) is 5.31. The van der Waals surface area contributed by atoms with Crippen molar-refractivity contribution in [1.29, 1.82) is 0 Å². The zero-order valence-electron chi connectivity index (χ0n) is 14.0. The second kappa shape index (κ2) is 5.66. The van der Waals surface area contributed by atoms with Crippen LogP contribution in [0.2, 0.25) is 0 Å². The minimum atomic E-state index is 0.228. The number of thioether (sulfide) groups is 1. The van der Waals surface area contributed by atoms with Gasteiger partial charge in [-0.15, -0.1) is 0 Å². The van der Waals surface area contributed by atoms with Crippen molar-refractivity contribution in [3.8, 4) is 0 Å². The van der Waals surface area contributed by atoms with E-state index in [1.807, 2.05) is 0 Å². The molecule has 1 heterocycles. The fourth-order valence-corrected chi connectivity index (χ4v) is 5.65. The van der Waals surface area contributed by atoms with E-state index in [1.165, 1.54) is 42.7 Å². The monoisotopic (exact) mass is 306 g/mol. The van der Waals surface area contributed by atoms with Crippen LogP contribution in [0.4, 0.5) is 0 Å². The lowest BCUT2D eigenvalue weighted by atomic mass is 9.74. The Morgan fingerprint density at radius 2 is 2.14 bits per heavy atom. The maximum atomic E-state index is 6.46. The van der Waals surface area contributed by atoms with Gasteiger partial charge in [0.15, 0.2) is 0 Å². The summed E-state index contributed by atoms with van der Waals surface area (Å²) in [4.78, 5) is 0. The topological polar surface area (TPSA) is 30.9 Å². The van der Waals surface area contributed by atoms with E-state index in [4.69, 9.17) is 5.73 Å². The van der Waals surface area contributed by atoms with Crippen LogP contribution in [0.1, 0.15) is 75.5 Å². The maximum Gasteiger partial charge on any atom is 0.0346 e. The number of hydrogen-bond acceptors (Lipinski definition) is 2. The first-order chi connectivity index (χ1) is 9.91. The highest BCUT2D eigenvalue weighted by Crippen LogP contribution is 2.45. The molecule has 3 rings (SSSR count). The first-order valence-electron chi connectivity index (χ1n) is 8.49. The van der Waals surface area contributed by atoms with Gasteiger partial charge in [-0.2, -0.15) is 11.8 Å². The van der Waals surface area contributed by atoms with Crippen LogP contribution in [0.15, 0.2) is 6.07 Å². The van der Waals surface area contributed by atoms with Crippen LogP contribution in [0.5, 0.6) is 0 Å². The number of nitrogens with two attached hydrogens (primary N) is 1. The lowest BCUT2D eigenvalue weighted by molar-refractivity contribution is 0.271. The number of aromatic nitrogens is 1. The van der Waals surface area contributed by atoms with E-state index in [-0.39, 0.29) is 6.04 Å². The van der Waals surface area contributed by atoms with Crippen LogP contribution in [0.25, 0.3) is 0 Å². The van der Waals surface area contributed by atoms with Crippen molar-refractivity contribution in [2.45, 2.75) is 77.1 Å². The van der Waals surface area contributed by atoms with Gasteiger partial charge in [0.25, 0.3) is 0 Å². The minimum Gasteiger partial charge on any atom is -0.345 e. The summed E-state index contributed by atoms with van der Waals surface area (Å²) >= 11 is 2.15. The molecule has 1 fully saturated rings. The predicted molar refractivity (Wildman–Crippen MR) is 93.0 cm³/mol. The number of aryl methyl sites for hydroxylation is 1. The van der Waals surface area contributed by atoms with E-state index < -0.39 is 0 Å². The Balaban J connectivity index is 1.90. The quantitative estimate of drug-likeness (QED) is 0.883. The molecule has 21 heavy (non-hydrogen) atoms. The summed E-state index contributed by atoms with van der Waals surface area (Å²) in [5.41, 5.74) is 11.2. The van der Waals surface area contributed by atoms with Crippen LogP contribution < -0.4 is 5.73 Å². The zero-order chi connectivity index (χ0) is 15.2. The number of hydrogen-bond donors (Lipinski definition) is 1. The number of fused-ring (bicyclic) bond motifs is 1. The lowest BCUT2D eigenvalue weighted by Gasteiger charge is -2.35. The van der Waals surface area contributed by atoms with Gasteiger partial charge >= 0.3 is 0 Å². The summed E-state index contributed by atoms with van der Waals surface area (Å²) in [5.74, 6) is 1.25. The van der Waals surface area contributed by atoms with Crippen LogP contribution in [-0.4, -0.2) is 15.6 Å². The number of nitrogens with zero attached hydrogens (tertiary/aromatic N) is 1. The fourth-order valence-electron chi connectivity index (χ4n) is 4.52. The van der Waals surface area contributed by atoms with Gasteiger partial charge in [-0.25, -0.2) is 0 Å². The molecular formula is C18H30N2S. The second-order valence-corrected chi connectivity index (χ2v) is 9.33. The van der Waals surface area contributed by atoms with Gasteiger partial charge in [0.2, 0.25) is 0 Å². The van der Waals surface area contributed by atoms with Crippen LogP contribution in [0.3, 0.4) is 0 Å². The van der Waals surface area contributed by atoms with Crippen molar-refractivity contribution in [1.82, 2.24) is 4.57 Å². The second-order valence-electron chi connectivity index (χ2n) is 7.75. The van der Waals surface area contributed by atoms with E-state index >= 15 is 0 Å². The summed E-state index contributed by atoms with van der Waals surface area (Å²) in [6.45, 7) is 9.29. The van der Waals surface area contributed by atoms with Crippen molar-refractivity contribution < 1.29 is 0 Å². The first kappa shape index (κ1) is 15.5. The van der Waals surface area contributed by atoms with Crippen molar-refractivity contribution in [2.24, 2.45) is 11.1 Å². The zero-order valence-corrected chi connectivity index (χ0v) is 14.8. The Morgan fingerprint density at radius 3 is 2.86 bits per heavy atom. The molecule has 1 aromatic heterocycles. The Morgan fingerprint density at radius 1 is 1.38 bits per heavy atom. The molecule has 0 amide bonds. The summed E-state index contributed by atoms with van der Waals surface area (Å²) in [7, 11) is 0. The molecule has 0 aliphatic heterocycles. The molecule has 0 radical (unpaired) electrons. The van der Waals surface area contributed by atoms with Crippen LogP contribution in [0, 0.1) is 12.3 Å². The smallest absolute Gasteiger partial charge is 0.0346 e. The molecule has 0 bridgehead atoms. The molecule has 0 spiro atoms. The van der Waals surface area contributed by atoms with E-state index in [0.717, 1.165) is 11.7 Å². The maximum absolute atomic E-state index is 6.46. The molecule has 3 atom stereocenters. The van der Waals surface area contributed by atoms with Gasteiger partial charge in [0.1, 0.15) is 0 Å². The molecule has 1 saturated carbocycles. The Labute approximate surface area is 133 Å². The number of rotatable bonds is 3. The summed E-state index contributed by atoms with van der Waals surface area (Å²) < 4.78 is 2.66. The molecule has 2 nitrogen and oxygen atoms in total. The Kier molecular flexibility index (Phi) is 4.17. The van der Waals surface area contributed by atoms with Gasteiger partial charge in [-0.3, -0.25) is 0 Å². The van der Waals surface area contributed by atoms with Gasteiger partial charge < -0.3 is 10.3 Å². The largest absolute Gasteiger partial charge is 0.345 e. The molecule has 0 saturated heterocycles. The molecule has 118 valence electrons. The summed E-state index contributed by atoms with van der Waals surface area (Å²) in [6.07, 6.45) is 6.37. The van der Waals surface area contributed by atoms with Crippen molar-refractivity contribution >= 4 is 11.8 Å². The highest BCUT2D eigenvalue weighted by molar-refractivity contribution is 7.99. The average Bonchev–Trinajstić information content (AvgIpc) is 2.93. The molecular weight excluding hydrogens is 276 g/mol. The average molecular weight is 307 g/mol. The van der Waals surface area contributed by atoms with Gasteiger partial charge in [0.05, 0.1) is 0 Å². The molecule has 2 aliphatic carbocycles. The summed E-state index contributed by atoms with van der Waals surface area (Å²) in [5, 5.41) is 0.864. The predicted octanol–water partition coefficient (Wildman–Crippen LogP) is 4.62. The van der Waals surface area contributed by atoms with Gasteiger partial charge in [0, 0.05) is 28.7 Å². The lowest BCUT2D eigenvalue weighted by Crippen LogP contribution is -2.31. The standard InChI is InChI=1S/C18H30N2S/c1-5-21-14-7-6-13(9-14)20-12(2)8-15-16(19)10-18(3,4)11-17(15)20/h8,13-14,16H,5-7,9-11,19H2,1-4H3. The van der Waals surface area contributed by atoms with Gasteiger partial charge in [-0.05, 0) is 61.8 Å². The SMILES string of the molecule is CCSC1CCC(n2c(C)cc3c2CC(C)(C)CC3N)C1. The molecule has 2 aliphatic rings. The van der Waals surface area contributed by atoms with E-state index in [9.17, 15) is 0 Å². The Hall–Kier alpha value is -0.410. The molecule has 3 unspecified atom stereocenters.